The third-order valence-electron chi connectivity index (χ3n) is 3.23. The summed E-state index contributed by atoms with van der Waals surface area (Å²) in [6.07, 6.45) is -19.1. The minimum absolute atomic E-state index is 0.0319. The number of amides is 1. The summed E-state index contributed by atoms with van der Waals surface area (Å²) < 4.78 is 107. The van der Waals surface area contributed by atoms with E-state index in [0.29, 0.717) is 16.2 Å². The zero-order valence-electron chi connectivity index (χ0n) is 13.7. The van der Waals surface area contributed by atoms with Crippen LogP contribution in [-0.2, 0) is 4.79 Å². The molecule has 0 aliphatic heterocycles. The highest BCUT2D eigenvalue weighted by molar-refractivity contribution is 7.16. The average molecular weight is 434 g/mol. The first-order chi connectivity index (χ1) is 12.9. The Morgan fingerprint density at radius 1 is 1.14 bits per heavy atom. The summed E-state index contributed by atoms with van der Waals surface area (Å²) in [6, 6.07) is 3.93. The number of halogens is 8. The number of hydrogen-bond donors (Lipinski definition) is 0. The number of aryl methyl sites for hydroxylation is 1. The van der Waals surface area contributed by atoms with E-state index in [1.165, 1.54) is 13.0 Å². The third-order valence-corrected chi connectivity index (χ3v) is 4.21. The van der Waals surface area contributed by atoms with Crippen LogP contribution in [0.1, 0.15) is 17.1 Å². The molecule has 0 fully saturated rings. The Morgan fingerprint density at radius 2 is 1.75 bits per heavy atom. The van der Waals surface area contributed by atoms with Gasteiger partial charge in [0, 0.05) is 0 Å². The normalized spacial score (nSPS) is 13.5. The van der Waals surface area contributed by atoms with Gasteiger partial charge in [0.1, 0.15) is 10.7 Å². The van der Waals surface area contributed by atoms with Crippen LogP contribution in [0, 0.1) is 6.92 Å². The fraction of sp³-hybridized carbons (Fsp3) is 0.333. The van der Waals surface area contributed by atoms with Gasteiger partial charge in [-0.1, -0.05) is 12.1 Å². The quantitative estimate of drug-likeness (QED) is 0.424. The Bertz CT molecular complexity index is 840. The van der Waals surface area contributed by atoms with Crippen molar-refractivity contribution in [3.05, 3.63) is 35.0 Å². The lowest BCUT2D eigenvalue weighted by Crippen LogP contribution is -2.45. The van der Waals surface area contributed by atoms with Gasteiger partial charge in [-0.2, -0.15) is 22.0 Å². The van der Waals surface area contributed by atoms with E-state index in [4.69, 9.17) is 0 Å². The summed E-state index contributed by atoms with van der Waals surface area (Å²) >= 11 is 0.614. The zero-order chi connectivity index (χ0) is 21.3. The fourth-order valence-corrected chi connectivity index (χ4v) is 3.00. The van der Waals surface area contributed by atoms with E-state index in [0.717, 1.165) is 18.2 Å². The van der Waals surface area contributed by atoms with Gasteiger partial charge in [0.25, 0.3) is 12.6 Å². The van der Waals surface area contributed by atoms with Crippen LogP contribution in [-0.4, -0.2) is 29.9 Å². The van der Waals surface area contributed by atoms with E-state index in [1.54, 1.807) is 0 Å². The van der Waals surface area contributed by atoms with Crippen LogP contribution >= 0.6 is 11.3 Å². The van der Waals surface area contributed by atoms with Crippen molar-refractivity contribution in [3.8, 4) is 5.75 Å². The van der Waals surface area contributed by atoms with Crippen LogP contribution in [0.4, 0.5) is 45.8 Å². The van der Waals surface area contributed by atoms with Gasteiger partial charge in [0.05, 0.1) is 10.7 Å². The second kappa shape index (κ2) is 7.89. The molecular formula is C15H10F8N2O2S. The molecule has 0 spiro atoms. The Balaban J connectivity index is 2.49. The summed E-state index contributed by atoms with van der Waals surface area (Å²) in [4.78, 5) is 15.5. The number of para-hydroxylation sites is 2. The minimum atomic E-state index is -5.92. The van der Waals surface area contributed by atoms with Gasteiger partial charge in [-0.3, -0.25) is 9.69 Å². The number of alkyl halides is 8. The number of carbonyl (C=O) groups is 1. The molecule has 0 aliphatic carbocycles. The molecule has 13 heteroatoms. The van der Waals surface area contributed by atoms with Crippen molar-refractivity contribution in [1.29, 1.82) is 0 Å². The van der Waals surface area contributed by atoms with Gasteiger partial charge >= 0.3 is 12.3 Å². The van der Waals surface area contributed by atoms with Crippen LogP contribution in [0.15, 0.2) is 24.3 Å². The first kappa shape index (κ1) is 21.9. The van der Waals surface area contributed by atoms with E-state index in [9.17, 15) is 39.9 Å². The molecule has 1 heterocycles. The highest BCUT2D eigenvalue weighted by atomic mass is 32.1. The molecule has 154 valence electrons. The summed E-state index contributed by atoms with van der Waals surface area (Å²) in [5.41, 5.74) is -1.44. The van der Waals surface area contributed by atoms with Crippen LogP contribution in [0.5, 0.6) is 5.75 Å². The molecule has 1 unspecified atom stereocenters. The van der Waals surface area contributed by atoms with Gasteiger partial charge in [-0.05, 0) is 19.1 Å². The molecule has 1 aromatic heterocycles. The van der Waals surface area contributed by atoms with E-state index < -0.39 is 47.0 Å². The van der Waals surface area contributed by atoms with Crippen LogP contribution in [0.3, 0.4) is 0 Å². The maximum atomic E-state index is 13.6. The van der Waals surface area contributed by atoms with Crippen LogP contribution < -0.4 is 9.64 Å². The van der Waals surface area contributed by atoms with Gasteiger partial charge in [0.15, 0.2) is 5.75 Å². The molecule has 0 saturated heterocycles. The van der Waals surface area contributed by atoms with E-state index >= 15 is 0 Å². The topological polar surface area (TPSA) is 42.4 Å². The van der Waals surface area contributed by atoms with Crippen molar-refractivity contribution in [2.75, 3.05) is 4.90 Å². The highest BCUT2D eigenvalue weighted by Crippen LogP contribution is 2.43. The van der Waals surface area contributed by atoms with Crippen molar-refractivity contribution < 1.29 is 44.7 Å². The van der Waals surface area contributed by atoms with Gasteiger partial charge in [-0.15, -0.1) is 11.3 Å². The van der Waals surface area contributed by atoms with Crippen molar-refractivity contribution >= 4 is 28.4 Å². The standard InChI is InChI=1S/C15H10F8N2O2S/c1-7-24-10(11(16)17)12(28-7)25(6-26)8-4-2-3-5-9(8)27-15(22,23)13(18)14(19,20)21/h2-6,11,13H,1H3. The van der Waals surface area contributed by atoms with E-state index in [1.807, 2.05) is 0 Å². The molecule has 0 aliphatic rings. The van der Waals surface area contributed by atoms with Crippen LogP contribution in [0.25, 0.3) is 0 Å². The largest absolute Gasteiger partial charge is 0.439 e. The number of nitrogens with zero attached hydrogens (tertiary/aromatic N) is 2. The Kier molecular flexibility index (Phi) is 6.16. The molecule has 4 nitrogen and oxygen atoms in total. The number of anilines is 2. The summed E-state index contributed by atoms with van der Waals surface area (Å²) in [5, 5.41) is -0.337. The third kappa shape index (κ3) is 4.51. The maximum absolute atomic E-state index is 13.6. The second-order valence-corrected chi connectivity index (χ2v) is 6.42. The van der Waals surface area contributed by atoms with E-state index in [2.05, 4.69) is 9.72 Å². The predicted molar refractivity (Wildman–Crippen MR) is 83.0 cm³/mol. The summed E-state index contributed by atoms with van der Waals surface area (Å²) in [6.45, 7) is 1.34. The Morgan fingerprint density at radius 3 is 2.29 bits per heavy atom. The zero-order valence-corrected chi connectivity index (χ0v) is 14.5. The fourth-order valence-electron chi connectivity index (χ4n) is 2.09. The molecule has 28 heavy (non-hydrogen) atoms. The lowest BCUT2D eigenvalue weighted by molar-refractivity contribution is -0.304. The molecular weight excluding hydrogens is 424 g/mol. The van der Waals surface area contributed by atoms with Crippen molar-refractivity contribution in [3.63, 3.8) is 0 Å². The molecule has 1 amide bonds. The molecule has 0 saturated carbocycles. The molecule has 0 bridgehead atoms. The highest BCUT2D eigenvalue weighted by Gasteiger charge is 2.59. The van der Waals surface area contributed by atoms with Crippen molar-refractivity contribution in [2.45, 2.75) is 31.8 Å². The molecule has 2 aromatic rings. The number of rotatable bonds is 7. The Hall–Kier alpha value is -2.44. The number of aromatic nitrogens is 1. The van der Waals surface area contributed by atoms with Gasteiger partial charge in [-0.25, -0.2) is 18.2 Å². The second-order valence-electron chi connectivity index (χ2n) is 5.24. The number of ether oxygens (including phenoxy) is 1. The maximum Gasteiger partial charge on any atom is 0.439 e. The SMILES string of the molecule is Cc1nc(C(F)F)c(N(C=O)c2ccccc2OC(F)(F)C(F)C(F)(F)F)s1. The molecule has 1 atom stereocenters. The molecule has 1 aromatic carbocycles. The molecule has 0 radical (unpaired) electrons. The summed E-state index contributed by atoms with van der Waals surface area (Å²) in [5.74, 6) is -1.03. The monoisotopic (exact) mass is 434 g/mol. The number of carbonyl (C=O) groups excluding carboxylic acids is 1. The lowest BCUT2D eigenvalue weighted by Gasteiger charge is -2.26. The first-order valence-corrected chi connectivity index (χ1v) is 8.06. The number of hydrogen-bond acceptors (Lipinski definition) is 4. The molecule has 0 N–H and O–H groups in total. The number of benzene rings is 1. The van der Waals surface area contributed by atoms with Crippen LogP contribution in [0.2, 0.25) is 0 Å². The lowest BCUT2D eigenvalue weighted by atomic mass is 10.2. The Labute approximate surface area is 156 Å². The smallest absolute Gasteiger partial charge is 0.428 e. The van der Waals surface area contributed by atoms with Gasteiger partial charge in [0.2, 0.25) is 6.41 Å². The van der Waals surface area contributed by atoms with Gasteiger partial charge < -0.3 is 4.74 Å². The first-order valence-electron chi connectivity index (χ1n) is 7.25. The van der Waals surface area contributed by atoms with Crippen molar-refractivity contribution in [2.24, 2.45) is 0 Å². The molecule has 2 rings (SSSR count). The summed E-state index contributed by atoms with van der Waals surface area (Å²) in [7, 11) is 0. The van der Waals surface area contributed by atoms with E-state index in [-0.39, 0.29) is 11.4 Å². The average Bonchev–Trinajstić information content (AvgIpc) is 2.97. The predicted octanol–water partition coefficient (Wildman–Crippen LogP) is 5.56. The number of thiazole rings is 1. The van der Waals surface area contributed by atoms with Crippen molar-refractivity contribution in [1.82, 2.24) is 4.98 Å². The minimum Gasteiger partial charge on any atom is -0.428 e.